The molecule has 0 aliphatic heterocycles. The summed E-state index contributed by atoms with van der Waals surface area (Å²) < 4.78 is 0.206. The third kappa shape index (κ3) is 4.47. The van der Waals surface area contributed by atoms with Crippen molar-refractivity contribution in [3.8, 4) is 22.3 Å². The summed E-state index contributed by atoms with van der Waals surface area (Å²) in [7, 11) is 16.9. The molecule has 215 valence electrons. The molecule has 0 nitrogen and oxygen atoms in total. The Kier molecular flexibility index (Phi) is 7.58. The zero-order valence-electron chi connectivity index (χ0n) is 26.1. The Morgan fingerprint density at radius 1 is 0.548 bits per heavy atom. The van der Waals surface area contributed by atoms with E-state index in [2.05, 4.69) is 140 Å². The van der Waals surface area contributed by atoms with E-state index in [1.165, 1.54) is 77.9 Å². The van der Waals surface area contributed by atoms with E-state index in [1.807, 2.05) is 0 Å². The molecule has 4 aromatic carbocycles. The van der Waals surface area contributed by atoms with Crippen molar-refractivity contribution in [3.05, 3.63) is 128 Å². The van der Waals surface area contributed by atoms with Crippen LogP contribution in [-0.2, 0) is 15.6 Å². The summed E-state index contributed by atoms with van der Waals surface area (Å²) in [5, 5.41) is 0. The molecule has 0 saturated carbocycles. The zero-order chi connectivity index (χ0) is 30.2. The van der Waals surface area contributed by atoms with Gasteiger partial charge < -0.3 is 0 Å². The third-order valence-electron chi connectivity index (χ3n) is 10.1. The molecule has 2 aliphatic carbocycles. The Morgan fingerprint density at radius 2 is 0.952 bits per heavy atom. The van der Waals surface area contributed by atoms with Gasteiger partial charge in [-0.1, -0.05) is 0 Å². The van der Waals surface area contributed by atoms with E-state index >= 15 is 0 Å². The molecule has 0 heterocycles. The van der Waals surface area contributed by atoms with Crippen LogP contribution < -0.4 is 0 Å². The number of rotatable bonds is 5. The second-order valence-electron chi connectivity index (χ2n) is 13.3. The van der Waals surface area contributed by atoms with Crippen molar-refractivity contribution in [1.82, 2.24) is 0 Å². The minimum atomic E-state index is -4.69. The van der Waals surface area contributed by atoms with Crippen LogP contribution in [0.4, 0.5) is 0 Å². The van der Waals surface area contributed by atoms with Gasteiger partial charge in [0.05, 0.1) is 0 Å². The fraction of sp³-hybridized carbons (Fsp3) is 0.263. The van der Waals surface area contributed by atoms with Crippen LogP contribution in [0.1, 0.15) is 65.6 Å². The van der Waals surface area contributed by atoms with E-state index in [0.717, 1.165) is 0 Å². The van der Waals surface area contributed by atoms with E-state index in [9.17, 15) is 0 Å². The van der Waals surface area contributed by atoms with Gasteiger partial charge in [0.1, 0.15) is 0 Å². The number of aryl methyl sites for hydroxylation is 4. The van der Waals surface area contributed by atoms with Gasteiger partial charge in [0, 0.05) is 0 Å². The first-order valence-corrected chi connectivity index (χ1v) is 31.5. The van der Waals surface area contributed by atoms with Gasteiger partial charge in [-0.3, -0.25) is 0 Å². The van der Waals surface area contributed by atoms with E-state index in [1.54, 1.807) is 0 Å². The van der Waals surface area contributed by atoms with Gasteiger partial charge in [-0.05, 0) is 0 Å². The Hall–Kier alpha value is -1.96. The van der Waals surface area contributed by atoms with Crippen LogP contribution in [0, 0.1) is 27.7 Å². The summed E-state index contributed by atoms with van der Waals surface area (Å²) in [6.45, 7) is 18.2. The molecule has 4 aromatic rings. The topological polar surface area (TPSA) is 0 Å². The normalized spacial score (nSPS) is 18.8. The predicted molar refractivity (Wildman–Crippen MR) is 186 cm³/mol. The first-order valence-electron chi connectivity index (χ1n) is 15.2. The molecule has 2 unspecified atom stereocenters. The van der Waals surface area contributed by atoms with Crippen molar-refractivity contribution in [3.63, 3.8) is 0 Å². The molecule has 42 heavy (non-hydrogen) atoms. The third-order valence-corrected chi connectivity index (χ3v) is 62.4. The van der Waals surface area contributed by atoms with Gasteiger partial charge in [-0.15, -0.1) is 0 Å². The van der Waals surface area contributed by atoms with Gasteiger partial charge >= 0.3 is 263 Å². The molecule has 2 aliphatic rings. The fourth-order valence-corrected chi connectivity index (χ4v) is 41.0. The van der Waals surface area contributed by atoms with Crippen molar-refractivity contribution < 1.29 is 15.6 Å². The summed E-state index contributed by atoms with van der Waals surface area (Å²) >= 11 is -4.69. The maximum atomic E-state index is 8.44. The van der Waals surface area contributed by atoms with Crippen LogP contribution in [0.25, 0.3) is 34.4 Å². The molecule has 0 N–H and O–H groups in total. The number of benzene rings is 4. The molecular weight excluding hydrogens is 647 g/mol. The molecule has 4 heteroatoms. The Balaban J connectivity index is 1.55. The molecule has 0 saturated heterocycles. The van der Waals surface area contributed by atoms with E-state index in [-0.39, 0.29) is 7.25 Å². The Labute approximate surface area is 261 Å². The van der Waals surface area contributed by atoms with E-state index in [0.29, 0.717) is 0 Å². The minimum absolute atomic E-state index is 0.103. The van der Waals surface area contributed by atoms with Gasteiger partial charge in [0.2, 0.25) is 0 Å². The zero-order valence-corrected chi connectivity index (χ0v) is 31.2. The fourth-order valence-electron chi connectivity index (χ4n) is 8.10. The standard InChI is InChI=1S/2C18H17.C2H7Si.2ClH.Zr/c2*1-12-7-8-16(14(3)9-12)17-6-4-5-15-10-13(2)11-18(15)17;1-3-2;;;/h2*4-11H,1-3H3;3H,1-2H3;2*1H;/q;;;;;+2/p-2. The van der Waals surface area contributed by atoms with Crippen LogP contribution >= 0.6 is 17.0 Å². The summed E-state index contributed by atoms with van der Waals surface area (Å²) in [5.41, 5.74) is 18.3. The summed E-state index contributed by atoms with van der Waals surface area (Å²) in [6.07, 6.45) is 4.81. The van der Waals surface area contributed by atoms with Crippen LogP contribution in [0.5, 0.6) is 0 Å². The van der Waals surface area contributed by atoms with Crippen molar-refractivity contribution >= 4 is 35.1 Å². The van der Waals surface area contributed by atoms with Crippen LogP contribution in [-0.4, -0.2) is 5.92 Å². The number of allylic oxidation sites excluding steroid dienone is 2. The van der Waals surface area contributed by atoms with Crippen molar-refractivity contribution in [1.29, 1.82) is 0 Å². The van der Waals surface area contributed by atoms with Crippen LogP contribution in [0.15, 0.2) is 83.9 Å². The van der Waals surface area contributed by atoms with Gasteiger partial charge in [-0.2, -0.15) is 0 Å². The molecular formula is C38H41Cl2SiZr. The molecule has 6 rings (SSSR count). The van der Waals surface area contributed by atoms with Crippen LogP contribution in [0.3, 0.4) is 0 Å². The van der Waals surface area contributed by atoms with E-state index < -0.39 is 21.5 Å². The van der Waals surface area contributed by atoms with Gasteiger partial charge in [-0.25, -0.2) is 0 Å². The maximum absolute atomic E-state index is 8.44. The summed E-state index contributed by atoms with van der Waals surface area (Å²) in [5.74, 6) is -1.57. The number of halogens is 2. The van der Waals surface area contributed by atoms with Gasteiger partial charge in [0.15, 0.2) is 0 Å². The molecule has 0 amide bonds. The SMILES string of the molecule is CC1=Cc2c(-c3ccc(C)cc3C)cccc2[CH]1[Zr]([Cl])([Cl])([CH]1C(C)=Cc2c(-c3ccc(C)cc3C)cccc21)[SiH](C)C. The molecule has 0 spiro atoms. The first kappa shape index (κ1) is 30.1. The monoisotopic (exact) mass is 685 g/mol. The quantitative estimate of drug-likeness (QED) is 0.183. The molecule has 0 aromatic heterocycles. The van der Waals surface area contributed by atoms with Crippen molar-refractivity contribution in [2.75, 3.05) is 0 Å². The second kappa shape index (κ2) is 10.6. The predicted octanol–water partition coefficient (Wildman–Crippen LogP) is 11.9. The number of hydrogen-bond acceptors (Lipinski definition) is 0. The van der Waals surface area contributed by atoms with Gasteiger partial charge in [0.25, 0.3) is 0 Å². The Bertz CT molecular complexity index is 1700. The Morgan fingerprint density at radius 3 is 1.31 bits per heavy atom. The second-order valence-corrected chi connectivity index (χ2v) is 55.8. The van der Waals surface area contributed by atoms with Crippen molar-refractivity contribution in [2.45, 2.75) is 61.9 Å². The molecule has 0 bridgehead atoms. The average Bonchev–Trinajstić information content (AvgIpc) is 3.45. The van der Waals surface area contributed by atoms with E-state index in [4.69, 9.17) is 17.0 Å². The summed E-state index contributed by atoms with van der Waals surface area (Å²) in [4.78, 5) is 0. The number of fused-ring (bicyclic) bond motifs is 2. The first-order chi connectivity index (χ1) is 19.8. The summed E-state index contributed by atoms with van der Waals surface area (Å²) in [6, 6.07) is 27.2. The molecule has 0 fully saturated rings. The molecule has 0 radical (unpaired) electrons. The van der Waals surface area contributed by atoms with Crippen molar-refractivity contribution in [2.24, 2.45) is 0 Å². The average molecular weight is 688 g/mol. The molecule has 2 atom stereocenters. The number of hydrogen-bond donors (Lipinski definition) is 0. The van der Waals surface area contributed by atoms with Crippen LogP contribution in [0.2, 0.25) is 13.1 Å².